The summed E-state index contributed by atoms with van der Waals surface area (Å²) in [6.45, 7) is 9.54. The quantitative estimate of drug-likeness (QED) is 0.815. The first kappa shape index (κ1) is 15.8. The van der Waals surface area contributed by atoms with E-state index in [0.717, 1.165) is 43.3 Å². The molecule has 0 aliphatic rings. The van der Waals surface area contributed by atoms with Gasteiger partial charge in [0.1, 0.15) is 5.82 Å². The molecule has 5 heteroatoms. The van der Waals surface area contributed by atoms with Crippen LogP contribution in [0.25, 0.3) is 0 Å². The van der Waals surface area contributed by atoms with Crippen LogP contribution < -0.4 is 10.6 Å². The second-order valence-electron chi connectivity index (χ2n) is 5.80. The first-order chi connectivity index (χ1) is 8.86. The Morgan fingerprint density at radius 2 is 1.89 bits per heavy atom. The van der Waals surface area contributed by atoms with Crippen LogP contribution in [-0.4, -0.2) is 48.4 Å². The maximum Gasteiger partial charge on any atom is 0.150 e. The van der Waals surface area contributed by atoms with Crippen molar-refractivity contribution < 1.29 is 0 Å². The number of rotatable bonds is 7. The van der Waals surface area contributed by atoms with Crippen molar-refractivity contribution in [1.29, 1.82) is 0 Å². The fourth-order valence-electron chi connectivity index (χ4n) is 2.27. The van der Waals surface area contributed by atoms with Gasteiger partial charge in [-0.3, -0.25) is 4.68 Å². The summed E-state index contributed by atoms with van der Waals surface area (Å²) in [7, 11) is 6.17. The van der Waals surface area contributed by atoms with Crippen LogP contribution in [0.4, 0.5) is 11.5 Å². The average molecular weight is 267 g/mol. The Kier molecular flexibility index (Phi) is 5.66. The normalized spacial score (nSPS) is 11.6. The van der Waals surface area contributed by atoms with Gasteiger partial charge in [0.05, 0.1) is 11.4 Å². The second-order valence-corrected chi connectivity index (χ2v) is 5.80. The number of aromatic nitrogens is 2. The van der Waals surface area contributed by atoms with Crippen LogP contribution in [0.3, 0.4) is 0 Å². The van der Waals surface area contributed by atoms with Crippen LogP contribution in [0, 0.1) is 5.92 Å². The average Bonchev–Trinajstić information content (AvgIpc) is 2.59. The lowest BCUT2D eigenvalue weighted by atomic mass is 10.2. The van der Waals surface area contributed by atoms with Gasteiger partial charge in [0, 0.05) is 26.7 Å². The van der Waals surface area contributed by atoms with Gasteiger partial charge in [0.15, 0.2) is 0 Å². The Hall–Kier alpha value is -1.23. The fraction of sp³-hybridized carbons (Fsp3) is 0.786. The van der Waals surface area contributed by atoms with E-state index in [1.165, 1.54) is 0 Å². The van der Waals surface area contributed by atoms with E-state index in [9.17, 15) is 0 Å². The molecule has 0 fully saturated rings. The molecule has 0 aliphatic heterocycles. The molecular formula is C14H29N5. The van der Waals surface area contributed by atoms with Crippen molar-refractivity contribution in [3.05, 3.63) is 5.69 Å². The third-order valence-corrected chi connectivity index (χ3v) is 3.17. The van der Waals surface area contributed by atoms with Crippen molar-refractivity contribution in [2.75, 3.05) is 44.4 Å². The minimum absolute atomic E-state index is 0.599. The molecule has 0 aromatic carbocycles. The zero-order valence-corrected chi connectivity index (χ0v) is 13.3. The minimum Gasteiger partial charge on any atom is -0.394 e. The van der Waals surface area contributed by atoms with E-state index in [2.05, 4.69) is 49.8 Å². The molecule has 0 saturated heterocycles. The first-order valence-corrected chi connectivity index (χ1v) is 7.07. The highest BCUT2D eigenvalue weighted by Crippen LogP contribution is 2.27. The van der Waals surface area contributed by atoms with Crippen molar-refractivity contribution in [3.63, 3.8) is 0 Å². The fourth-order valence-corrected chi connectivity index (χ4v) is 2.27. The van der Waals surface area contributed by atoms with Gasteiger partial charge >= 0.3 is 0 Å². The molecule has 1 aromatic rings. The highest BCUT2D eigenvalue weighted by atomic mass is 15.4. The molecule has 2 N–H and O–H groups in total. The molecule has 110 valence electrons. The predicted molar refractivity (Wildman–Crippen MR) is 82.6 cm³/mol. The summed E-state index contributed by atoms with van der Waals surface area (Å²) in [4.78, 5) is 4.55. The predicted octanol–water partition coefficient (Wildman–Crippen LogP) is 1.59. The molecular weight excluding hydrogens is 238 g/mol. The van der Waals surface area contributed by atoms with Gasteiger partial charge < -0.3 is 15.5 Å². The summed E-state index contributed by atoms with van der Waals surface area (Å²) in [6.07, 6.45) is 0.878. The van der Waals surface area contributed by atoms with Crippen LogP contribution in [0.15, 0.2) is 0 Å². The van der Waals surface area contributed by atoms with Crippen LogP contribution >= 0.6 is 0 Å². The largest absolute Gasteiger partial charge is 0.394 e. The Morgan fingerprint density at radius 1 is 1.26 bits per heavy atom. The smallest absolute Gasteiger partial charge is 0.150 e. The zero-order chi connectivity index (χ0) is 14.6. The number of hydrogen-bond donors (Lipinski definition) is 1. The number of anilines is 2. The van der Waals surface area contributed by atoms with Gasteiger partial charge in [-0.05, 0) is 26.4 Å². The number of hydrogen-bond acceptors (Lipinski definition) is 4. The topological polar surface area (TPSA) is 50.3 Å². The molecule has 1 rings (SSSR count). The van der Waals surface area contributed by atoms with Gasteiger partial charge in [0.25, 0.3) is 0 Å². The molecule has 0 bridgehead atoms. The number of aryl methyl sites for hydroxylation is 2. The lowest BCUT2D eigenvalue weighted by molar-refractivity contribution is 0.407. The van der Waals surface area contributed by atoms with Crippen LogP contribution in [0.2, 0.25) is 0 Å². The van der Waals surface area contributed by atoms with Gasteiger partial charge in [-0.2, -0.15) is 5.10 Å². The van der Waals surface area contributed by atoms with Gasteiger partial charge in [-0.1, -0.05) is 20.8 Å². The summed E-state index contributed by atoms with van der Waals surface area (Å²) in [5.74, 6) is 1.66. The van der Waals surface area contributed by atoms with Crippen LogP contribution in [0.1, 0.15) is 26.5 Å². The maximum absolute atomic E-state index is 6.26. The lowest BCUT2D eigenvalue weighted by Crippen LogP contribution is -2.36. The SMILES string of the molecule is CCc1nn(C)c(N(CCN(C)C)CC(C)C)c1N. The Balaban J connectivity index is 2.99. The van der Waals surface area contributed by atoms with Crippen LogP contribution in [0.5, 0.6) is 0 Å². The molecule has 5 nitrogen and oxygen atoms in total. The summed E-state index contributed by atoms with van der Waals surface area (Å²) in [6, 6.07) is 0. The summed E-state index contributed by atoms with van der Waals surface area (Å²) in [5.41, 5.74) is 8.09. The highest BCUT2D eigenvalue weighted by molar-refractivity contribution is 5.66. The Morgan fingerprint density at radius 3 is 2.32 bits per heavy atom. The standard InChI is InChI=1S/C14H29N5/c1-7-12-13(15)14(18(6)16-12)19(10-11(2)3)9-8-17(4)5/h11H,7-10,15H2,1-6H3. The van der Waals surface area contributed by atoms with Gasteiger partial charge in [-0.25, -0.2) is 0 Å². The van der Waals surface area contributed by atoms with E-state index in [1.807, 2.05) is 11.7 Å². The summed E-state index contributed by atoms with van der Waals surface area (Å²) in [5, 5.41) is 4.52. The Bertz CT molecular complexity index is 395. The maximum atomic E-state index is 6.26. The van der Waals surface area contributed by atoms with Gasteiger partial charge in [0.2, 0.25) is 0 Å². The number of likely N-dealkylation sites (N-methyl/N-ethyl adjacent to an activating group) is 1. The van der Waals surface area contributed by atoms with E-state index in [-0.39, 0.29) is 0 Å². The number of nitrogens with zero attached hydrogens (tertiary/aromatic N) is 4. The van der Waals surface area contributed by atoms with Crippen molar-refractivity contribution >= 4 is 11.5 Å². The zero-order valence-electron chi connectivity index (χ0n) is 13.3. The Labute approximate surface area is 117 Å². The molecule has 1 aromatic heterocycles. The monoisotopic (exact) mass is 267 g/mol. The first-order valence-electron chi connectivity index (χ1n) is 7.07. The molecule has 0 aliphatic carbocycles. The van der Waals surface area contributed by atoms with E-state index < -0.39 is 0 Å². The van der Waals surface area contributed by atoms with Crippen LogP contribution in [-0.2, 0) is 13.5 Å². The number of nitrogen functional groups attached to an aromatic ring is 1. The lowest BCUT2D eigenvalue weighted by Gasteiger charge is -2.28. The van der Waals surface area contributed by atoms with Gasteiger partial charge in [-0.15, -0.1) is 0 Å². The molecule has 0 saturated carbocycles. The van der Waals surface area contributed by atoms with E-state index in [0.29, 0.717) is 5.92 Å². The molecule has 0 spiro atoms. The molecule has 0 amide bonds. The second kappa shape index (κ2) is 6.80. The summed E-state index contributed by atoms with van der Waals surface area (Å²) >= 11 is 0. The molecule has 0 radical (unpaired) electrons. The van der Waals surface area contributed by atoms with Crippen molar-refractivity contribution in [2.24, 2.45) is 13.0 Å². The van der Waals surface area contributed by atoms with E-state index in [4.69, 9.17) is 5.73 Å². The minimum atomic E-state index is 0.599. The number of nitrogens with two attached hydrogens (primary N) is 1. The van der Waals surface area contributed by atoms with E-state index in [1.54, 1.807) is 0 Å². The van der Waals surface area contributed by atoms with Crippen molar-refractivity contribution in [2.45, 2.75) is 27.2 Å². The van der Waals surface area contributed by atoms with Crippen molar-refractivity contribution in [3.8, 4) is 0 Å². The highest BCUT2D eigenvalue weighted by Gasteiger charge is 2.19. The van der Waals surface area contributed by atoms with E-state index >= 15 is 0 Å². The molecule has 0 unspecified atom stereocenters. The third kappa shape index (κ3) is 4.13. The third-order valence-electron chi connectivity index (χ3n) is 3.17. The molecule has 19 heavy (non-hydrogen) atoms. The molecule has 1 heterocycles. The van der Waals surface area contributed by atoms with Crippen molar-refractivity contribution in [1.82, 2.24) is 14.7 Å². The summed E-state index contributed by atoms with van der Waals surface area (Å²) < 4.78 is 1.92. The molecule has 0 atom stereocenters.